The van der Waals surface area contributed by atoms with E-state index in [0.29, 0.717) is 5.56 Å². The van der Waals surface area contributed by atoms with Gasteiger partial charge in [0.15, 0.2) is 6.10 Å². The summed E-state index contributed by atoms with van der Waals surface area (Å²) in [5.74, 6) is -0.567. The monoisotopic (exact) mass is 332 g/mol. The van der Waals surface area contributed by atoms with Gasteiger partial charge in [-0.25, -0.2) is 5.43 Å². The molecule has 0 saturated heterocycles. The van der Waals surface area contributed by atoms with E-state index in [9.17, 15) is 9.90 Å². The molecular weight excluding hydrogens is 320 g/mol. The standard InChI is InChI=1S/C15H13BrN2O2/c16-13-8-4-5-11(9-13)10-17-18-15(20)14(19)12-6-2-1-3-7-12/h1-10,14,19H,(H,18,20)/b17-10-/t14-/m1/s1. The minimum atomic E-state index is -1.23. The first-order valence-electron chi connectivity index (χ1n) is 5.98. The van der Waals surface area contributed by atoms with Gasteiger partial charge >= 0.3 is 0 Å². The highest BCUT2D eigenvalue weighted by Crippen LogP contribution is 2.12. The first-order chi connectivity index (χ1) is 9.66. The third-order valence-corrected chi connectivity index (χ3v) is 3.09. The minimum Gasteiger partial charge on any atom is -0.378 e. The predicted molar refractivity (Wildman–Crippen MR) is 81.3 cm³/mol. The second-order valence-electron chi connectivity index (χ2n) is 4.10. The Kier molecular flexibility index (Phi) is 5.03. The summed E-state index contributed by atoms with van der Waals surface area (Å²) in [5, 5.41) is 13.7. The lowest BCUT2D eigenvalue weighted by Gasteiger charge is -2.08. The summed E-state index contributed by atoms with van der Waals surface area (Å²) in [6.07, 6.45) is 0.288. The van der Waals surface area contributed by atoms with E-state index in [1.54, 1.807) is 24.3 Å². The fraction of sp³-hybridized carbons (Fsp3) is 0.0667. The van der Waals surface area contributed by atoms with E-state index in [0.717, 1.165) is 10.0 Å². The molecule has 0 unspecified atom stereocenters. The molecular formula is C15H13BrN2O2. The summed E-state index contributed by atoms with van der Waals surface area (Å²) < 4.78 is 0.928. The van der Waals surface area contributed by atoms with Crippen molar-refractivity contribution >= 4 is 28.1 Å². The minimum absolute atomic E-state index is 0.530. The van der Waals surface area contributed by atoms with Crippen LogP contribution in [-0.2, 0) is 4.79 Å². The molecule has 2 N–H and O–H groups in total. The van der Waals surface area contributed by atoms with E-state index >= 15 is 0 Å². The summed E-state index contributed by atoms with van der Waals surface area (Å²) in [4.78, 5) is 11.7. The largest absolute Gasteiger partial charge is 0.378 e. The number of hydrogen-bond donors (Lipinski definition) is 2. The van der Waals surface area contributed by atoms with Crippen molar-refractivity contribution in [3.05, 3.63) is 70.2 Å². The topological polar surface area (TPSA) is 61.7 Å². The number of hydrazone groups is 1. The lowest BCUT2D eigenvalue weighted by atomic mass is 10.1. The Morgan fingerprint density at radius 1 is 1.20 bits per heavy atom. The van der Waals surface area contributed by atoms with Gasteiger partial charge in [-0.2, -0.15) is 5.10 Å². The number of amides is 1. The zero-order valence-electron chi connectivity index (χ0n) is 10.5. The molecule has 2 aromatic carbocycles. The normalized spacial score (nSPS) is 12.3. The number of carbonyl (C=O) groups excluding carboxylic acids is 1. The molecule has 20 heavy (non-hydrogen) atoms. The van der Waals surface area contributed by atoms with Crippen LogP contribution in [0.2, 0.25) is 0 Å². The van der Waals surface area contributed by atoms with Crippen LogP contribution in [0.5, 0.6) is 0 Å². The van der Waals surface area contributed by atoms with E-state index < -0.39 is 12.0 Å². The van der Waals surface area contributed by atoms with Crippen molar-refractivity contribution < 1.29 is 9.90 Å². The van der Waals surface area contributed by atoms with Gasteiger partial charge in [-0.1, -0.05) is 58.4 Å². The van der Waals surface area contributed by atoms with Crippen molar-refractivity contribution in [1.29, 1.82) is 0 Å². The molecule has 0 aromatic heterocycles. The van der Waals surface area contributed by atoms with Gasteiger partial charge < -0.3 is 5.11 Å². The highest BCUT2D eigenvalue weighted by atomic mass is 79.9. The maximum atomic E-state index is 11.7. The third kappa shape index (κ3) is 4.01. The van der Waals surface area contributed by atoms with Crippen molar-refractivity contribution in [3.63, 3.8) is 0 Å². The van der Waals surface area contributed by atoms with Crippen molar-refractivity contribution in [2.45, 2.75) is 6.10 Å². The van der Waals surface area contributed by atoms with Crippen LogP contribution in [0.15, 0.2) is 64.2 Å². The fourth-order valence-corrected chi connectivity index (χ4v) is 2.02. The Balaban J connectivity index is 1.95. The Morgan fingerprint density at radius 2 is 1.95 bits per heavy atom. The van der Waals surface area contributed by atoms with Crippen LogP contribution >= 0.6 is 15.9 Å². The molecule has 102 valence electrons. The van der Waals surface area contributed by atoms with Gasteiger partial charge in [0.1, 0.15) is 0 Å². The van der Waals surface area contributed by atoms with E-state index in [1.807, 2.05) is 30.3 Å². The third-order valence-electron chi connectivity index (χ3n) is 2.60. The van der Waals surface area contributed by atoms with Crippen molar-refractivity contribution in [2.24, 2.45) is 5.10 Å². The van der Waals surface area contributed by atoms with Crippen LogP contribution in [0.25, 0.3) is 0 Å². The molecule has 0 aliphatic carbocycles. The van der Waals surface area contributed by atoms with Crippen LogP contribution in [0, 0.1) is 0 Å². The lowest BCUT2D eigenvalue weighted by Crippen LogP contribution is -2.25. The number of aliphatic hydroxyl groups is 1. The number of halogens is 1. The SMILES string of the molecule is O=C(N/N=C\c1cccc(Br)c1)[C@H](O)c1ccccc1. The zero-order valence-corrected chi connectivity index (χ0v) is 12.1. The lowest BCUT2D eigenvalue weighted by molar-refractivity contribution is -0.129. The summed E-state index contributed by atoms with van der Waals surface area (Å²) in [6.45, 7) is 0. The van der Waals surface area contributed by atoms with Crippen LogP contribution in [0.3, 0.4) is 0 Å². The van der Waals surface area contributed by atoms with Crippen LogP contribution < -0.4 is 5.43 Å². The number of benzene rings is 2. The first kappa shape index (κ1) is 14.4. The molecule has 0 spiro atoms. The summed E-state index contributed by atoms with van der Waals surface area (Å²) >= 11 is 3.35. The van der Waals surface area contributed by atoms with E-state index in [4.69, 9.17) is 0 Å². The second kappa shape index (κ2) is 6.98. The number of rotatable bonds is 4. The summed E-state index contributed by atoms with van der Waals surface area (Å²) in [6, 6.07) is 16.2. The van der Waals surface area contributed by atoms with Gasteiger partial charge in [0.25, 0.3) is 5.91 Å². The Bertz CT molecular complexity index is 614. The van der Waals surface area contributed by atoms with Gasteiger partial charge in [0, 0.05) is 4.47 Å². The van der Waals surface area contributed by atoms with Crippen molar-refractivity contribution in [2.75, 3.05) is 0 Å². The molecule has 1 amide bonds. The molecule has 2 rings (SSSR count). The van der Waals surface area contributed by atoms with E-state index in [-0.39, 0.29) is 0 Å². The van der Waals surface area contributed by atoms with Crippen molar-refractivity contribution in [3.8, 4) is 0 Å². The molecule has 4 nitrogen and oxygen atoms in total. The average Bonchev–Trinajstić information content (AvgIpc) is 2.47. The number of hydrogen-bond acceptors (Lipinski definition) is 3. The van der Waals surface area contributed by atoms with Gasteiger partial charge in [-0.15, -0.1) is 0 Å². The van der Waals surface area contributed by atoms with E-state index in [1.165, 1.54) is 6.21 Å². The smallest absolute Gasteiger partial charge is 0.273 e. The number of aliphatic hydroxyl groups excluding tert-OH is 1. The number of nitrogens with one attached hydrogen (secondary N) is 1. The molecule has 5 heteroatoms. The van der Waals surface area contributed by atoms with Crippen LogP contribution in [-0.4, -0.2) is 17.2 Å². The average molecular weight is 333 g/mol. The fourth-order valence-electron chi connectivity index (χ4n) is 1.61. The number of nitrogens with zero attached hydrogens (tertiary/aromatic N) is 1. The zero-order chi connectivity index (χ0) is 14.4. The van der Waals surface area contributed by atoms with Crippen LogP contribution in [0.1, 0.15) is 17.2 Å². The Morgan fingerprint density at radius 3 is 2.65 bits per heavy atom. The maximum absolute atomic E-state index is 11.7. The Labute approximate surface area is 125 Å². The van der Waals surface area contributed by atoms with Gasteiger partial charge in [-0.3, -0.25) is 4.79 Å². The summed E-state index contributed by atoms with van der Waals surface area (Å²) in [5.41, 5.74) is 3.69. The second-order valence-corrected chi connectivity index (χ2v) is 5.02. The Hall–Kier alpha value is -1.98. The quantitative estimate of drug-likeness (QED) is 0.667. The molecule has 0 heterocycles. The molecule has 0 aliphatic rings. The molecule has 0 fully saturated rings. The number of carbonyl (C=O) groups is 1. The van der Waals surface area contributed by atoms with Gasteiger partial charge in [-0.05, 0) is 23.3 Å². The first-order valence-corrected chi connectivity index (χ1v) is 6.77. The van der Waals surface area contributed by atoms with Crippen molar-refractivity contribution in [1.82, 2.24) is 5.43 Å². The van der Waals surface area contributed by atoms with Crippen LogP contribution in [0.4, 0.5) is 0 Å². The molecule has 0 saturated carbocycles. The van der Waals surface area contributed by atoms with Gasteiger partial charge in [0.05, 0.1) is 6.21 Å². The molecule has 1 atom stereocenters. The predicted octanol–water partition coefficient (Wildman–Crippen LogP) is 2.63. The molecule has 0 aliphatic heterocycles. The summed E-state index contributed by atoms with van der Waals surface area (Å²) in [7, 11) is 0. The van der Waals surface area contributed by atoms with E-state index in [2.05, 4.69) is 26.5 Å². The maximum Gasteiger partial charge on any atom is 0.273 e. The van der Waals surface area contributed by atoms with Gasteiger partial charge in [0.2, 0.25) is 0 Å². The molecule has 2 aromatic rings. The highest BCUT2D eigenvalue weighted by Gasteiger charge is 2.15. The molecule has 0 radical (unpaired) electrons. The molecule has 0 bridgehead atoms. The highest BCUT2D eigenvalue weighted by molar-refractivity contribution is 9.10.